The van der Waals surface area contributed by atoms with Crippen LogP contribution >= 0.6 is 0 Å². The zero-order valence-electron chi connectivity index (χ0n) is 21.4. The number of esters is 2. The summed E-state index contributed by atoms with van der Waals surface area (Å²) in [5.74, 6) is -1.81. The minimum Gasteiger partial charge on any atom is -0.466 e. The summed E-state index contributed by atoms with van der Waals surface area (Å²) in [6.07, 6.45) is 7.18. The maximum absolute atomic E-state index is 13.2. The van der Waals surface area contributed by atoms with Gasteiger partial charge in [0.15, 0.2) is 8.32 Å². The van der Waals surface area contributed by atoms with Gasteiger partial charge in [0.2, 0.25) is 0 Å². The molecule has 1 saturated carbocycles. The SMILES string of the molecule is CCCCC/C=C\[C@H](OC(C)=O)[C@H]1C(=O)C[C@H](O[Si](C)(C)C(C)(C)C)[C@@H]1CC(=O)OCC. The number of allylic oxidation sites excluding steroid dienone is 1. The molecule has 0 aliphatic heterocycles. The second-order valence-corrected chi connectivity index (χ2v) is 15.0. The molecule has 6 nitrogen and oxygen atoms in total. The molecule has 0 spiro atoms. The van der Waals surface area contributed by atoms with Crippen LogP contribution in [-0.2, 0) is 28.3 Å². The summed E-state index contributed by atoms with van der Waals surface area (Å²) in [5.41, 5.74) is 0. The van der Waals surface area contributed by atoms with Crippen molar-refractivity contribution in [2.45, 2.75) is 110 Å². The van der Waals surface area contributed by atoms with Crippen molar-refractivity contribution in [3.63, 3.8) is 0 Å². The van der Waals surface area contributed by atoms with E-state index in [9.17, 15) is 14.4 Å². The van der Waals surface area contributed by atoms with Gasteiger partial charge in [0.1, 0.15) is 11.9 Å². The van der Waals surface area contributed by atoms with E-state index in [1.807, 2.05) is 12.2 Å². The standard InChI is InChI=1S/C25H44O6Si/c1-9-11-12-13-14-15-21(30-18(3)26)24-19(16-23(28)29-10-2)22(17-20(24)27)31-32(7,8)25(4,5)6/h14-15,19,21-22,24H,9-13,16-17H2,1-8H3/b15-14-/t19-,21-,22-,24+/m0/s1. The Morgan fingerprint density at radius 1 is 1.19 bits per heavy atom. The molecule has 32 heavy (non-hydrogen) atoms. The van der Waals surface area contributed by atoms with Gasteiger partial charge in [-0.15, -0.1) is 0 Å². The third kappa shape index (κ3) is 8.47. The van der Waals surface area contributed by atoms with E-state index in [0.717, 1.165) is 25.7 Å². The summed E-state index contributed by atoms with van der Waals surface area (Å²) in [6.45, 7) is 16.3. The number of hydrogen-bond donors (Lipinski definition) is 0. The highest BCUT2D eigenvalue weighted by Crippen LogP contribution is 2.44. The Hall–Kier alpha value is -1.47. The van der Waals surface area contributed by atoms with Crippen molar-refractivity contribution in [3.8, 4) is 0 Å². The molecule has 1 fully saturated rings. The van der Waals surface area contributed by atoms with E-state index in [2.05, 4.69) is 40.8 Å². The van der Waals surface area contributed by atoms with Gasteiger partial charge in [-0.25, -0.2) is 0 Å². The van der Waals surface area contributed by atoms with Crippen molar-refractivity contribution in [2.24, 2.45) is 11.8 Å². The minimum absolute atomic E-state index is 0.0209. The van der Waals surface area contributed by atoms with Crippen LogP contribution < -0.4 is 0 Å². The highest BCUT2D eigenvalue weighted by atomic mass is 28.4. The molecule has 0 heterocycles. The molecule has 0 saturated heterocycles. The van der Waals surface area contributed by atoms with Gasteiger partial charge in [0.05, 0.1) is 25.0 Å². The summed E-state index contributed by atoms with van der Waals surface area (Å²) < 4.78 is 17.4. The Balaban J connectivity index is 3.22. The second-order valence-electron chi connectivity index (χ2n) is 10.3. The zero-order valence-corrected chi connectivity index (χ0v) is 22.4. The van der Waals surface area contributed by atoms with Crippen LogP contribution in [0.1, 0.15) is 80.1 Å². The van der Waals surface area contributed by atoms with Crippen molar-refractivity contribution in [1.29, 1.82) is 0 Å². The molecule has 0 unspecified atom stereocenters. The van der Waals surface area contributed by atoms with Crippen molar-refractivity contribution in [2.75, 3.05) is 6.61 Å². The maximum atomic E-state index is 13.2. The van der Waals surface area contributed by atoms with Gasteiger partial charge in [-0.3, -0.25) is 14.4 Å². The monoisotopic (exact) mass is 468 g/mol. The lowest BCUT2D eigenvalue weighted by molar-refractivity contribution is -0.150. The van der Waals surface area contributed by atoms with Gasteiger partial charge >= 0.3 is 11.9 Å². The number of ether oxygens (including phenoxy) is 2. The Morgan fingerprint density at radius 2 is 1.84 bits per heavy atom. The molecule has 0 amide bonds. The topological polar surface area (TPSA) is 78.9 Å². The predicted octanol–water partition coefficient (Wildman–Crippen LogP) is 5.60. The largest absolute Gasteiger partial charge is 0.466 e. The van der Waals surface area contributed by atoms with E-state index in [-0.39, 0.29) is 48.3 Å². The average Bonchev–Trinajstić information content (AvgIpc) is 2.93. The quantitative estimate of drug-likeness (QED) is 0.160. The molecule has 0 bridgehead atoms. The third-order valence-electron chi connectivity index (χ3n) is 6.63. The van der Waals surface area contributed by atoms with Crippen molar-refractivity contribution in [3.05, 3.63) is 12.2 Å². The van der Waals surface area contributed by atoms with Gasteiger partial charge in [-0.05, 0) is 44.0 Å². The van der Waals surface area contributed by atoms with Gasteiger partial charge in [-0.2, -0.15) is 0 Å². The number of rotatable bonds is 12. The smallest absolute Gasteiger partial charge is 0.306 e. The van der Waals surface area contributed by atoms with E-state index in [4.69, 9.17) is 13.9 Å². The number of carbonyl (C=O) groups is 3. The molecular formula is C25H44O6Si. The fourth-order valence-electron chi connectivity index (χ4n) is 3.90. The molecule has 0 aromatic rings. The van der Waals surface area contributed by atoms with Crippen LogP contribution in [0.2, 0.25) is 18.1 Å². The number of ketones is 1. The van der Waals surface area contributed by atoms with Crippen molar-refractivity contribution in [1.82, 2.24) is 0 Å². The maximum Gasteiger partial charge on any atom is 0.306 e. The first-order valence-corrected chi connectivity index (χ1v) is 14.9. The van der Waals surface area contributed by atoms with Crippen LogP contribution in [0, 0.1) is 11.8 Å². The number of hydrogen-bond acceptors (Lipinski definition) is 6. The predicted molar refractivity (Wildman–Crippen MR) is 129 cm³/mol. The molecule has 7 heteroatoms. The zero-order chi connectivity index (χ0) is 24.5. The molecule has 1 aliphatic carbocycles. The van der Waals surface area contributed by atoms with Crippen LogP contribution in [-0.4, -0.2) is 44.9 Å². The van der Waals surface area contributed by atoms with Crippen molar-refractivity contribution < 1.29 is 28.3 Å². The van der Waals surface area contributed by atoms with Gasteiger partial charge < -0.3 is 13.9 Å². The van der Waals surface area contributed by atoms with Crippen LogP contribution in [0.3, 0.4) is 0 Å². The molecular weight excluding hydrogens is 424 g/mol. The van der Waals surface area contributed by atoms with E-state index in [1.165, 1.54) is 6.92 Å². The molecule has 0 aromatic carbocycles. The summed E-state index contributed by atoms with van der Waals surface area (Å²) >= 11 is 0. The van der Waals surface area contributed by atoms with E-state index >= 15 is 0 Å². The number of unbranched alkanes of at least 4 members (excludes halogenated alkanes) is 3. The molecule has 4 atom stereocenters. The van der Waals surface area contributed by atoms with E-state index < -0.39 is 26.3 Å². The second kappa shape index (κ2) is 12.7. The third-order valence-corrected chi connectivity index (χ3v) is 11.1. The van der Waals surface area contributed by atoms with Gasteiger partial charge in [0, 0.05) is 19.3 Å². The Kier molecular flexibility index (Phi) is 11.3. The fraction of sp³-hybridized carbons (Fsp3) is 0.800. The molecule has 0 radical (unpaired) electrons. The summed E-state index contributed by atoms with van der Waals surface area (Å²) in [7, 11) is -2.18. The first-order chi connectivity index (χ1) is 14.8. The van der Waals surface area contributed by atoms with E-state index in [0.29, 0.717) is 0 Å². The minimum atomic E-state index is -2.18. The highest BCUT2D eigenvalue weighted by molar-refractivity contribution is 6.74. The molecule has 0 aromatic heterocycles. The van der Waals surface area contributed by atoms with Crippen LogP contribution in [0.15, 0.2) is 12.2 Å². The Labute approximate surface area is 195 Å². The fourth-order valence-corrected chi connectivity index (χ4v) is 5.27. The summed E-state index contributed by atoms with van der Waals surface area (Å²) in [4.78, 5) is 37.5. The lowest BCUT2D eigenvalue weighted by atomic mass is 9.86. The number of carbonyl (C=O) groups excluding carboxylic acids is 3. The first kappa shape index (κ1) is 28.6. The summed E-state index contributed by atoms with van der Waals surface area (Å²) in [5, 5.41) is -0.0307. The normalized spacial score (nSPS) is 22.9. The summed E-state index contributed by atoms with van der Waals surface area (Å²) in [6, 6.07) is 0. The molecule has 0 N–H and O–H groups in total. The van der Waals surface area contributed by atoms with E-state index in [1.54, 1.807) is 6.92 Å². The van der Waals surface area contributed by atoms with Crippen LogP contribution in [0.25, 0.3) is 0 Å². The highest BCUT2D eigenvalue weighted by Gasteiger charge is 2.51. The molecule has 184 valence electrons. The lowest BCUT2D eigenvalue weighted by Gasteiger charge is -2.40. The van der Waals surface area contributed by atoms with Gasteiger partial charge in [0.25, 0.3) is 0 Å². The van der Waals surface area contributed by atoms with Crippen molar-refractivity contribution >= 4 is 26.0 Å². The molecule has 1 rings (SSSR count). The number of Topliss-reactive ketones (excluding diaryl/α,β-unsaturated/α-hetero) is 1. The van der Waals surface area contributed by atoms with Gasteiger partial charge in [-0.1, -0.05) is 46.6 Å². The Morgan fingerprint density at radius 3 is 2.38 bits per heavy atom. The molecule has 1 aliphatic rings. The van der Waals surface area contributed by atoms with Crippen LogP contribution in [0.4, 0.5) is 0 Å². The first-order valence-electron chi connectivity index (χ1n) is 12.0. The van der Waals surface area contributed by atoms with Crippen LogP contribution in [0.5, 0.6) is 0 Å². The lowest BCUT2D eigenvalue weighted by Crippen LogP contribution is -2.46. The Bertz CT molecular complexity index is 664. The average molecular weight is 469 g/mol.